The minimum absolute atomic E-state index is 0.0232. The molecule has 0 aromatic heterocycles. The highest BCUT2D eigenvalue weighted by atomic mass is 16.5. The average Bonchev–Trinajstić information content (AvgIpc) is 2.69. The second kappa shape index (κ2) is 8.72. The van der Waals surface area contributed by atoms with Crippen LogP contribution in [0.25, 0.3) is 0 Å². The van der Waals surface area contributed by atoms with Gasteiger partial charge in [-0.2, -0.15) is 0 Å². The van der Waals surface area contributed by atoms with Crippen LogP contribution in [0.1, 0.15) is 17.5 Å². The summed E-state index contributed by atoms with van der Waals surface area (Å²) >= 11 is 0. The van der Waals surface area contributed by atoms with Crippen LogP contribution < -0.4 is 15.0 Å². The van der Waals surface area contributed by atoms with Crippen molar-refractivity contribution in [3.8, 4) is 5.75 Å². The number of aryl methyl sites for hydroxylation is 2. The highest BCUT2D eigenvalue weighted by Gasteiger charge is 2.13. The number of benzene rings is 2. The summed E-state index contributed by atoms with van der Waals surface area (Å²) in [6.07, 6.45) is 1.12. The first-order valence-electron chi connectivity index (χ1n) is 9.02. The molecular weight excluding hydrogens is 328 g/mol. The lowest BCUT2D eigenvalue weighted by Crippen LogP contribution is -2.36. The van der Waals surface area contributed by atoms with Crippen LogP contribution in [-0.4, -0.2) is 39.3 Å². The standard InChI is InChI=1S/C21H26N2O3/c1-16-6-8-18(23-10-12-26-13-11-23)15-20(16)22-21(24)9-7-17-4-3-5-19(14-17)25-2/h3-6,8,14-15H,7,9-13H2,1-2H3,(H,22,24). The van der Waals surface area contributed by atoms with Crippen LogP contribution in [0.2, 0.25) is 0 Å². The van der Waals surface area contributed by atoms with Crippen molar-refractivity contribution < 1.29 is 14.3 Å². The van der Waals surface area contributed by atoms with Gasteiger partial charge in [0.25, 0.3) is 0 Å². The van der Waals surface area contributed by atoms with E-state index < -0.39 is 0 Å². The third-order valence-corrected chi connectivity index (χ3v) is 4.65. The van der Waals surface area contributed by atoms with Gasteiger partial charge in [0, 0.05) is 30.9 Å². The number of amides is 1. The molecular formula is C21H26N2O3. The second-order valence-corrected chi connectivity index (χ2v) is 6.50. The van der Waals surface area contributed by atoms with Crippen LogP contribution in [0.5, 0.6) is 5.75 Å². The van der Waals surface area contributed by atoms with E-state index in [1.165, 1.54) is 0 Å². The SMILES string of the molecule is COc1cccc(CCC(=O)Nc2cc(N3CCOCC3)ccc2C)c1. The summed E-state index contributed by atoms with van der Waals surface area (Å²) in [6.45, 7) is 5.27. The molecule has 3 rings (SSSR count). The fraction of sp³-hybridized carbons (Fsp3) is 0.381. The number of anilines is 2. The number of carbonyl (C=O) groups excluding carboxylic acids is 1. The number of rotatable bonds is 6. The molecule has 0 spiro atoms. The molecule has 1 amide bonds. The number of hydrogen-bond donors (Lipinski definition) is 1. The summed E-state index contributed by atoms with van der Waals surface area (Å²) in [4.78, 5) is 14.7. The molecule has 5 nitrogen and oxygen atoms in total. The number of methoxy groups -OCH3 is 1. The van der Waals surface area contributed by atoms with Crippen molar-refractivity contribution in [3.05, 3.63) is 53.6 Å². The first kappa shape index (κ1) is 18.3. The van der Waals surface area contributed by atoms with E-state index in [4.69, 9.17) is 9.47 Å². The molecule has 1 heterocycles. The largest absolute Gasteiger partial charge is 0.497 e. The van der Waals surface area contributed by atoms with Gasteiger partial charge in [0.15, 0.2) is 0 Å². The lowest BCUT2D eigenvalue weighted by Gasteiger charge is -2.29. The van der Waals surface area contributed by atoms with E-state index >= 15 is 0 Å². The zero-order valence-corrected chi connectivity index (χ0v) is 15.5. The molecule has 138 valence electrons. The molecule has 0 radical (unpaired) electrons. The van der Waals surface area contributed by atoms with Gasteiger partial charge in [-0.15, -0.1) is 0 Å². The highest BCUT2D eigenvalue weighted by molar-refractivity contribution is 5.92. The number of nitrogens with one attached hydrogen (secondary N) is 1. The van der Waals surface area contributed by atoms with Crippen LogP contribution >= 0.6 is 0 Å². The minimum Gasteiger partial charge on any atom is -0.497 e. The molecule has 1 aliphatic heterocycles. The zero-order valence-electron chi connectivity index (χ0n) is 15.5. The van der Waals surface area contributed by atoms with E-state index in [1.807, 2.05) is 31.2 Å². The van der Waals surface area contributed by atoms with E-state index in [0.717, 1.165) is 54.6 Å². The number of morpholine rings is 1. The van der Waals surface area contributed by atoms with Gasteiger partial charge in [0.05, 0.1) is 20.3 Å². The molecule has 0 unspecified atom stereocenters. The van der Waals surface area contributed by atoms with E-state index in [-0.39, 0.29) is 5.91 Å². The van der Waals surface area contributed by atoms with Crippen molar-refractivity contribution in [1.29, 1.82) is 0 Å². The summed E-state index contributed by atoms with van der Waals surface area (Å²) in [5.41, 5.74) is 4.17. The Morgan fingerprint density at radius 3 is 2.77 bits per heavy atom. The Bertz CT molecular complexity index is 755. The molecule has 0 atom stereocenters. The van der Waals surface area contributed by atoms with Crippen molar-refractivity contribution in [3.63, 3.8) is 0 Å². The van der Waals surface area contributed by atoms with Gasteiger partial charge in [-0.05, 0) is 48.7 Å². The topological polar surface area (TPSA) is 50.8 Å². The van der Waals surface area contributed by atoms with Gasteiger partial charge >= 0.3 is 0 Å². The molecule has 0 aliphatic carbocycles. The summed E-state index contributed by atoms with van der Waals surface area (Å²) in [6, 6.07) is 14.1. The van der Waals surface area contributed by atoms with Gasteiger partial charge in [-0.3, -0.25) is 4.79 Å². The Labute approximate surface area is 154 Å². The zero-order chi connectivity index (χ0) is 18.4. The smallest absolute Gasteiger partial charge is 0.224 e. The number of nitrogens with zero attached hydrogens (tertiary/aromatic N) is 1. The summed E-state index contributed by atoms with van der Waals surface area (Å²) < 4.78 is 10.6. The van der Waals surface area contributed by atoms with E-state index in [0.29, 0.717) is 12.8 Å². The molecule has 1 fully saturated rings. The molecule has 26 heavy (non-hydrogen) atoms. The lowest BCUT2D eigenvalue weighted by molar-refractivity contribution is -0.116. The van der Waals surface area contributed by atoms with Crippen molar-refractivity contribution in [2.24, 2.45) is 0 Å². The van der Waals surface area contributed by atoms with Crippen molar-refractivity contribution in [1.82, 2.24) is 0 Å². The Morgan fingerprint density at radius 1 is 1.19 bits per heavy atom. The van der Waals surface area contributed by atoms with Crippen LogP contribution in [0, 0.1) is 6.92 Å². The second-order valence-electron chi connectivity index (χ2n) is 6.50. The van der Waals surface area contributed by atoms with E-state index in [9.17, 15) is 4.79 Å². The number of ether oxygens (including phenoxy) is 2. The number of carbonyl (C=O) groups is 1. The van der Waals surface area contributed by atoms with Crippen LogP contribution in [-0.2, 0) is 16.0 Å². The molecule has 0 bridgehead atoms. The summed E-state index contributed by atoms with van der Waals surface area (Å²) in [7, 11) is 1.65. The monoisotopic (exact) mass is 354 g/mol. The Hall–Kier alpha value is -2.53. The van der Waals surface area contributed by atoms with Crippen molar-refractivity contribution in [2.75, 3.05) is 43.6 Å². The normalized spacial score (nSPS) is 14.2. The van der Waals surface area contributed by atoms with Crippen LogP contribution in [0.4, 0.5) is 11.4 Å². The maximum Gasteiger partial charge on any atom is 0.224 e. The van der Waals surface area contributed by atoms with E-state index in [2.05, 4.69) is 28.4 Å². The predicted octanol–water partition coefficient (Wildman–Crippen LogP) is 3.41. The van der Waals surface area contributed by atoms with Crippen LogP contribution in [0.15, 0.2) is 42.5 Å². The van der Waals surface area contributed by atoms with E-state index in [1.54, 1.807) is 7.11 Å². The Balaban J connectivity index is 1.61. The summed E-state index contributed by atoms with van der Waals surface area (Å²) in [5, 5.41) is 3.06. The maximum atomic E-state index is 12.4. The molecule has 5 heteroatoms. The fourth-order valence-electron chi connectivity index (χ4n) is 3.06. The van der Waals surface area contributed by atoms with Gasteiger partial charge in [-0.1, -0.05) is 18.2 Å². The summed E-state index contributed by atoms with van der Waals surface area (Å²) in [5.74, 6) is 0.840. The number of hydrogen-bond acceptors (Lipinski definition) is 4. The van der Waals surface area contributed by atoms with Crippen LogP contribution in [0.3, 0.4) is 0 Å². The molecule has 1 N–H and O–H groups in total. The third-order valence-electron chi connectivity index (χ3n) is 4.65. The predicted molar refractivity (Wildman–Crippen MR) is 104 cm³/mol. The Morgan fingerprint density at radius 2 is 2.00 bits per heavy atom. The Kier molecular flexibility index (Phi) is 6.12. The minimum atomic E-state index is 0.0232. The quantitative estimate of drug-likeness (QED) is 0.864. The van der Waals surface area contributed by atoms with Crippen molar-refractivity contribution >= 4 is 17.3 Å². The molecule has 0 saturated carbocycles. The molecule has 1 aliphatic rings. The van der Waals surface area contributed by atoms with Gasteiger partial charge in [0.2, 0.25) is 5.91 Å². The van der Waals surface area contributed by atoms with Gasteiger partial charge in [0.1, 0.15) is 5.75 Å². The average molecular weight is 354 g/mol. The molecule has 2 aromatic carbocycles. The fourth-order valence-corrected chi connectivity index (χ4v) is 3.06. The molecule has 2 aromatic rings. The van der Waals surface area contributed by atoms with Gasteiger partial charge in [-0.25, -0.2) is 0 Å². The maximum absolute atomic E-state index is 12.4. The third kappa shape index (κ3) is 4.76. The molecule has 1 saturated heterocycles. The first-order valence-corrected chi connectivity index (χ1v) is 9.02. The highest BCUT2D eigenvalue weighted by Crippen LogP contribution is 2.24. The van der Waals surface area contributed by atoms with Crippen molar-refractivity contribution in [2.45, 2.75) is 19.8 Å². The first-order chi connectivity index (χ1) is 12.7. The van der Waals surface area contributed by atoms with Gasteiger partial charge < -0.3 is 19.7 Å². The lowest BCUT2D eigenvalue weighted by atomic mass is 10.1.